The van der Waals surface area contributed by atoms with Crippen molar-refractivity contribution in [3.63, 3.8) is 0 Å². The first-order chi connectivity index (χ1) is 39.6. The molecule has 0 radical (unpaired) electrons. The van der Waals surface area contributed by atoms with Gasteiger partial charge in [0.05, 0.1) is 79.8 Å². The lowest BCUT2D eigenvalue weighted by Gasteiger charge is -2.35. The van der Waals surface area contributed by atoms with E-state index in [-0.39, 0.29) is 62.5 Å². The summed E-state index contributed by atoms with van der Waals surface area (Å²) in [5.41, 5.74) is 9.72. The third kappa shape index (κ3) is 15.1. The number of aliphatic hydroxyl groups is 1. The minimum absolute atomic E-state index is 0.00651. The maximum Gasteiger partial charge on any atom is 0.322 e. The number of thiazole rings is 1. The molecule has 3 amide bonds. The predicted molar refractivity (Wildman–Crippen MR) is 318 cm³/mol. The molecule has 21 heteroatoms. The van der Waals surface area contributed by atoms with Crippen LogP contribution in [0.25, 0.3) is 38.1 Å². The number of benzene rings is 3. The molecule has 3 aromatic carbocycles. The van der Waals surface area contributed by atoms with E-state index in [1.807, 2.05) is 95.0 Å². The highest BCUT2D eigenvalue weighted by Gasteiger charge is 2.44. The zero-order valence-corrected chi connectivity index (χ0v) is 48.9. The Bertz CT molecular complexity index is 3270. The Morgan fingerprint density at radius 2 is 1.66 bits per heavy atom. The standard InChI is InChI=1S/C61H78N12O8S/c1-38(2)50-35-67-73-56(50)70-60(81-47-12-10-22-62-34-47)71-59(73)65-33-44-11-8-9-13-48(44)53-49-19-18-45(31-43(49)20-23-64-53)63-24-26-79-28-30-80-29-27-78-25-21-52(75)69-55(61(5,6)7)58(77)72-36-46(74)32-51(72)57(76)68-39(3)41-14-16-42(17-15-41)54-40(4)66-37-82-54/h8-9,11,13-20,23,31,35,37-39,46-47,51,55,62-63,74H,10,12,21-22,24-30,32-34,36H2,1-7H3,(H,68,76)(H,69,75)(H,65,70,71)/t39-,46+,47+,51-,55+/m0/s1. The molecule has 0 spiro atoms. The van der Waals surface area contributed by atoms with E-state index in [0.717, 1.165) is 92.1 Å². The number of aromatic nitrogens is 6. The number of carbonyl (C=O) groups is 3. The highest BCUT2D eigenvalue weighted by Crippen LogP contribution is 2.33. The summed E-state index contributed by atoms with van der Waals surface area (Å²) in [6.07, 6.45) is 4.96. The lowest BCUT2D eigenvalue weighted by atomic mass is 9.85. The molecule has 82 heavy (non-hydrogen) atoms. The average Bonchev–Trinajstić information content (AvgIpc) is 4.21. The molecule has 20 nitrogen and oxygen atoms in total. The summed E-state index contributed by atoms with van der Waals surface area (Å²) >= 11 is 1.58. The minimum atomic E-state index is -0.937. The van der Waals surface area contributed by atoms with Crippen molar-refractivity contribution in [2.75, 3.05) is 76.5 Å². The number of piperidine rings is 1. The molecular formula is C61H78N12O8S. The number of hydrogen-bond acceptors (Lipinski definition) is 17. The number of likely N-dealkylation sites (tertiary alicyclic amines) is 1. The molecule has 0 bridgehead atoms. The molecule has 5 atom stereocenters. The Kier molecular flexibility index (Phi) is 20.1. The number of ether oxygens (including phenoxy) is 4. The second-order valence-corrected chi connectivity index (χ2v) is 23.3. The van der Waals surface area contributed by atoms with Gasteiger partial charge in [-0.2, -0.15) is 19.6 Å². The third-order valence-corrected chi connectivity index (χ3v) is 15.8. The number of aliphatic hydroxyl groups excluding tert-OH is 1. The van der Waals surface area contributed by atoms with Crippen LogP contribution in [0.1, 0.15) is 102 Å². The molecule has 0 aliphatic carbocycles. The van der Waals surface area contributed by atoms with E-state index in [1.165, 1.54) is 4.90 Å². The van der Waals surface area contributed by atoms with Gasteiger partial charge in [-0.1, -0.05) is 89.2 Å². The van der Waals surface area contributed by atoms with E-state index in [4.69, 9.17) is 33.9 Å². The Morgan fingerprint density at radius 1 is 0.890 bits per heavy atom. The van der Waals surface area contributed by atoms with E-state index in [2.05, 4.69) is 80.8 Å². The monoisotopic (exact) mass is 1140 g/mol. The molecule has 6 heterocycles. The van der Waals surface area contributed by atoms with Gasteiger partial charge in [-0.25, -0.2) is 4.98 Å². The highest BCUT2D eigenvalue weighted by molar-refractivity contribution is 7.13. The summed E-state index contributed by atoms with van der Waals surface area (Å²) in [5, 5.41) is 33.8. The Morgan fingerprint density at radius 3 is 2.39 bits per heavy atom. The molecule has 0 saturated carbocycles. The van der Waals surface area contributed by atoms with E-state index < -0.39 is 29.5 Å². The molecular weight excluding hydrogens is 1060 g/mol. The SMILES string of the molecule is Cc1ncsc1-c1ccc([C@H](C)NC(=O)[C@@H]2C[C@@H](O)CN2C(=O)[C@@H](NC(=O)CCOCCOCCOCCNc2ccc3c(-c4ccccc4CNc4nc(O[C@@H]5CCCNC5)nc5c(C(C)C)cnn45)nccc3c2)C(C)(C)C)cc1. The van der Waals surface area contributed by atoms with Crippen molar-refractivity contribution in [1.29, 1.82) is 0 Å². The summed E-state index contributed by atoms with van der Waals surface area (Å²) in [6, 6.07) is 22.7. The van der Waals surface area contributed by atoms with Gasteiger partial charge in [0.1, 0.15) is 18.2 Å². The van der Waals surface area contributed by atoms with Gasteiger partial charge < -0.3 is 55.5 Å². The van der Waals surface area contributed by atoms with Crippen LogP contribution in [0.4, 0.5) is 11.6 Å². The van der Waals surface area contributed by atoms with Crippen molar-refractivity contribution in [3.05, 3.63) is 113 Å². The van der Waals surface area contributed by atoms with Crippen molar-refractivity contribution in [3.8, 4) is 27.7 Å². The van der Waals surface area contributed by atoms with Crippen molar-refractivity contribution in [1.82, 2.24) is 50.4 Å². The normalized spacial score (nSPS) is 17.3. The number of amides is 3. The number of anilines is 2. The van der Waals surface area contributed by atoms with Crippen LogP contribution in [-0.2, 0) is 35.1 Å². The van der Waals surface area contributed by atoms with Crippen molar-refractivity contribution < 1.29 is 38.4 Å². The first-order valence-electron chi connectivity index (χ1n) is 28.5. The Hall–Kier alpha value is -7.14. The predicted octanol–water partition coefficient (Wildman–Crippen LogP) is 7.86. The van der Waals surface area contributed by atoms with Gasteiger partial charge in [-0.05, 0) is 84.8 Å². The maximum atomic E-state index is 14.1. The molecule has 2 saturated heterocycles. The van der Waals surface area contributed by atoms with Gasteiger partial charge in [-0.15, -0.1) is 11.3 Å². The first-order valence-corrected chi connectivity index (χ1v) is 29.4. The van der Waals surface area contributed by atoms with Crippen molar-refractivity contribution in [2.24, 2.45) is 5.41 Å². The van der Waals surface area contributed by atoms with Gasteiger partial charge in [0, 0.05) is 67.4 Å². The fourth-order valence-electron chi connectivity index (χ4n) is 10.3. The maximum absolute atomic E-state index is 14.1. The van der Waals surface area contributed by atoms with Crippen LogP contribution in [0.3, 0.4) is 0 Å². The second-order valence-electron chi connectivity index (χ2n) is 22.4. The lowest BCUT2D eigenvalue weighted by Crippen LogP contribution is -2.58. The summed E-state index contributed by atoms with van der Waals surface area (Å²) in [4.78, 5) is 62.3. The summed E-state index contributed by atoms with van der Waals surface area (Å²) in [7, 11) is 0. The zero-order valence-electron chi connectivity index (χ0n) is 48.1. The number of nitrogens with zero attached hydrogens (tertiary/aromatic N) is 7. The van der Waals surface area contributed by atoms with Crippen LogP contribution >= 0.6 is 11.3 Å². The van der Waals surface area contributed by atoms with Gasteiger partial charge in [0.2, 0.25) is 23.7 Å². The number of β-amino-alcohol motifs (C(OH)–C–C–N with tert-alkyl or cyclic N) is 1. The van der Waals surface area contributed by atoms with Gasteiger partial charge >= 0.3 is 6.01 Å². The molecule has 0 unspecified atom stereocenters. The summed E-state index contributed by atoms with van der Waals surface area (Å²) in [6.45, 7) is 18.5. The molecule has 2 aliphatic heterocycles. The molecule has 2 aliphatic rings. The minimum Gasteiger partial charge on any atom is -0.459 e. The first kappa shape index (κ1) is 59.5. The number of rotatable bonds is 26. The fraction of sp³-hybridized carbons (Fsp3) is 0.475. The number of hydrogen-bond donors (Lipinski definition) is 6. The molecule has 6 N–H and O–H groups in total. The van der Waals surface area contributed by atoms with Gasteiger partial charge in [0.25, 0.3) is 0 Å². The summed E-state index contributed by atoms with van der Waals surface area (Å²) in [5.74, 6) is -0.359. The van der Waals surface area contributed by atoms with Crippen LogP contribution in [0, 0.1) is 12.3 Å². The van der Waals surface area contributed by atoms with Gasteiger partial charge in [-0.3, -0.25) is 19.4 Å². The number of aryl methyl sites for hydroxylation is 1. The van der Waals surface area contributed by atoms with Crippen LogP contribution in [-0.4, -0.2) is 147 Å². The van der Waals surface area contributed by atoms with Crippen molar-refractivity contribution in [2.45, 2.75) is 117 Å². The fourth-order valence-corrected chi connectivity index (χ4v) is 11.1. The molecule has 9 rings (SSSR count). The smallest absolute Gasteiger partial charge is 0.322 e. The average molecular weight is 1140 g/mol. The molecule has 436 valence electrons. The molecule has 4 aromatic heterocycles. The van der Waals surface area contributed by atoms with Crippen LogP contribution in [0.5, 0.6) is 6.01 Å². The van der Waals surface area contributed by atoms with Crippen molar-refractivity contribution >= 4 is 57.1 Å². The highest BCUT2D eigenvalue weighted by atomic mass is 32.1. The van der Waals surface area contributed by atoms with Gasteiger partial charge in [0.15, 0.2) is 5.65 Å². The van der Waals surface area contributed by atoms with Crippen LogP contribution in [0.2, 0.25) is 0 Å². The molecule has 2 fully saturated rings. The van der Waals surface area contributed by atoms with Crippen LogP contribution < -0.4 is 31.3 Å². The zero-order chi connectivity index (χ0) is 57.8. The third-order valence-electron chi connectivity index (χ3n) is 14.8. The number of pyridine rings is 1. The number of nitrogens with one attached hydrogen (secondary N) is 5. The number of fused-ring (bicyclic) bond motifs is 2. The van der Waals surface area contributed by atoms with E-state index in [1.54, 1.807) is 15.9 Å². The second kappa shape index (κ2) is 27.8. The quantitative estimate of drug-likeness (QED) is 0.0283. The topological polar surface area (TPSA) is 241 Å². The Labute approximate surface area is 483 Å². The lowest BCUT2D eigenvalue weighted by molar-refractivity contribution is -0.144. The van der Waals surface area contributed by atoms with E-state index >= 15 is 0 Å². The van der Waals surface area contributed by atoms with E-state index in [9.17, 15) is 19.5 Å². The van der Waals surface area contributed by atoms with Crippen LogP contribution in [0.15, 0.2) is 90.7 Å². The van der Waals surface area contributed by atoms with E-state index in [0.29, 0.717) is 51.5 Å². The molecule has 7 aromatic rings. The summed E-state index contributed by atoms with van der Waals surface area (Å²) < 4.78 is 25.3. The Balaban J connectivity index is 0.673. The number of carbonyl (C=O) groups excluding carboxylic acids is 3. The largest absolute Gasteiger partial charge is 0.459 e.